The van der Waals surface area contributed by atoms with Crippen LogP contribution in [0.15, 0.2) is 110 Å². The molecule has 0 aromatic carbocycles. The third-order valence-corrected chi connectivity index (χ3v) is 5.41. The molecule has 1 radical (unpaired) electrons. The first-order chi connectivity index (χ1) is 16.8. The SMILES string of the molecule is c1cncc(-c2ccn([B-](n3ccc(-c4cccnc4)n3)n3ccc(-c4cccnc4)n3)n2)c1. The van der Waals surface area contributed by atoms with Gasteiger partial charge in [-0.2, -0.15) is 0 Å². The van der Waals surface area contributed by atoms with Crippen LogP contribution in [0.3, 0.4) is 0 Å². The van der Waals surface area contributed by atoms with E-state index in [-0.39, 0.29) is 0 Å². The van der Waals surface area contributed by atoms with E-state index in [1.807, 2.05) is 87.0 Å². The molecule has 0 bridgehead atoms. The van der Waals surface area contributed by atoms with Gasteiger partial charge in [-0.25, -0.2) is 15.3 Å². The average molecular weight is 443 g/mol. The Labute approximate surface area is 195 Å². The summed E-state index contributed by atoms with van der Waals surface area (Å²) in [5, 5.41) is 14.5. The van der Waals surface area contributed by atoms with Gasteiger partial charge in [0.1, 0.15) is 0 Å². The quantitative estimate of drug-likeness (QED) is 0.367. The van der Waals surface area contributed by atoms with Gasteiger partial charge in [0.25, 0.3) is 7.12 Å². The molecule has 34 heavy (non-hydrogen) atoms. The van der Waals surface area contributed by atoms with E-state index in [9.17, 15) is 0 Å². The smallest absolute Gasteiger partial charge is 0.260 e. The second-order valence-corrected chi connectivity index (χ2v) is 7.61. The summed E-state index contributed by atoms with van der Waals surface area (Å²) in [6.45, 7) is 0. The summed E-state index contributed by atoms with van der Waals surface area (Å²) < 4.78 is 5.51. The molecule has 9 nitrogen and oxygen atoms in total. The van der Waals surface area contributed by atoms with Crippen LogP contribution in [0.25, 0.3) is 33.8 Å². The zero-order valence-corrected chi connectivity index (χ0v) is 18.0. The van der Waals surface area contributed by atoms with Crippen LogP contribution in [-0.4, -0.2) is 51.1 Å². The Hall–Kier alpha value is -4.86. The Morgan fingerprint density at radius 1 is 0.471 bits per heavy atom. The van der Waals surface area contributed by atoms with Crippen molar-refractivity contribution < 1.29 is 0 Å². The normalized spacial score (nSPS) is 11.2. The third-order valence-electron chi connectivity index (χ3n) is 5.41. The fraction of sp³-hybridized carbons (Fsp3) is 0. The van der Waals surface area contributed by atoms with Crippen LogP contribution in [0.1, 0.15) is 0 Å². The predicted molar refractivity (Wildman–Crippen MR) is 128 cm³/mol. The highest BCUT2D eigenvalue weighted by molar-refractivity contribution is 6.52. The van der Waals surface area contributed by atoms with E-state index < -0.39 is 7.12 Å². The molecule has 6 aromatic rings. The van der Waals surface area contributed by atoms with Crippen LogP contribution in [0.5, 0.6) is 0 Å². The molecule has 0 N–H and O–H groups in total. The molecule has 0 fully saturated rings. The van der Waals surface area contributed by atoms with Crippen LogP contribution in [0.4, 0.5) is 0 Å². The number of hydrogen-bond donors (Lipinski definition) is 0. The first-order valence-corrected chi connectivity index (χ1v) is 10.7. The summed E-state index contributed by atoms with van der Waals surface area (Å²) in [4.78, 5) is 12.6. The number of aromatic nitrogens is 9. The van der Waals surface area contributed by atoms with E-state index in [1.54, 1.807) is 37.2 Å². The largest absolute Gasteiger partial charge is 0.424 e. The minimum absolute atomic E-state index is 0.457. The van der Waals surface area contributed by atoms with Gasteiger partial charge in [0.15, 0.2) is 0 Å². The van der Waals surface area contributed by atoms with Gasteiger partial charge in [0.05, 0.1) is 17.1 Å². The Kier molecular flexibility index (Phi) is 5.00. The van der Waals surface area contributed by atoms with Crippen molar-refractivity contribution in [1.29, 1.82) is 0 Å². The van der Waals surface area contributed by atoms with E-state index >= 15 is 0 Å². The zero-order chi connectivity index (χ0) is 22.7. The summed E-state index contributed by atoms with van der Waals surface area (Å²) in [7, 11) is -0.457. The van der Waals surface area contributed by atoms with Crippen LogP contribution in [0.2, 0.25) is 0 Å². The van der Waals surface area contributed by atoms with Crippen molar-refractivity contribution in [3.05, 3.63) is 110 Å². The lowest BCUT2D eigenvalue weighted by atomic mass is 9.96. The molecule has 0 atom stereocenters. The molecule has 0 aliphatic carbocycles. The Balaban J connectivity index is 1.43. The lowest BCUT2D eigenvalue weighted by Gasteiger charge is -2.29. The number of rotatable bonds is 6. The first-order valence-electron chi connectivity index (χ1n) is 10.7. The summed E-state index contributed by atoms with van der Waals surface area (Å²) in [6.07, 6.45) is 16.4. The Bertz CT molecular complexity index is 1320. The molecule has 10 heteroatoms. The van der Waals surface area contributed by atoms with E-state index in [4.69, 9.17) is 15.3 Å². The average Bonchev–Trinajstić information content (AvgIpc) is 3.68. The molecule has 0 aliphatic rings. The lowest BCUT2D eigenvalue weighted by molar-refractivity contribution is 0.775. The maximum atomic E-state index is 4.83. The summed E-state index contributed by atoms with van der Waals surface area (Å²) >= 11 is 0. The van der Waals surface area contributed by atoms with E-state index in [0.717, 1.165) is 33.8 Å². The molecule has 0 saturated carbocycles. The van der Waals surface area contributed by atoms with Crippen molar-refractivity contribution >= 4 is 7.12 Å². The molecule has 0 unspecified atom stereocenters. The summed E-state index contributed by atoms with van der Waals surface area (Å²) in [5.74, 6) is 0. The van der Waals surface area contributed by atoms with Gasteiger partial charge >= 0.3 is 0 Å². The highest BCUT2D eigenvalue weighted by Crippen LogP contribution is 2.19. The highest BCUT2D eigenvalue weighted by Gasteiger charge is 2.14. The van der Waals surface area contributed by atoms with Crippen LogP contribution >= 0.6 is 0 Å². The highest BCUT2D eigenvalue weighted by atomic mass is 15.4. The molecule has 6 heterocycles. The summed E-state index contributed by atoms with van der Waals surface area (Å²) in [6, 6.07) is 17.5. The third kappa shape index (κ3) is 3.77. The minimum atomic E-state index is -0.457. The van der Waals surface area contributed by atoms with Gasteiger partial charge < -0.3 is 13.8 Å². The zero-order valence-electron chi connectivity index (χ0n) is 18.0. The molecule has 0 saturated heterocycles. The van der Waals surface area contributed by atoms with E-state index in [0.29, 0.717) is 0 Å². The fourth-order valence-electron chi connectivity index (χ4n) is 3.77. The number of pyridine rings is 3. The van der Waals surface area contributed by atoms with Gasteiger partial charge in [0.2, 0.25) is 0 Å². The molecule has 0 spiro atoms. The molecule has 6 aromatic heterocycles. The van der Waals surface area contributed by atoms with Crippen LogP contribution in [-0.2, 0) is 0 Å². The maximum absolute atomic E-state index is 4.83. The van der Waals surface area contributed by atoms with Crippen molar-refractivity contribution in [3.8, 4) is 33.8 Å². The van der Waals surface area contributed by atoms with Gasteiger partial charge in [-0.3, -0.25) is 15.0 Å². The molecule has 0 amide bonds. The van der Waals surface area contributed by atoms with E-state index in [1.165, 1.54) is 0 Å². The monoisotopic (exact) mass is 443 g/mol. The lowest BCUT2D eigenvalue weighted by Crippen LogP contribution is -2.42. The number of nitrogens with zero attached hydrogens (tertiary/aromatic N) is 9. The topological polar surface area (TPSA) is 92.1 Å². The van der Waals surface area contributed by atoms with Crippen LogP contribution < -0.4 is 0 Å². The molecular weight excluding hydrogens is 425 g/mol. The standard InChI is InChI=1S/C24H18BN9/c1-4-19(16-26-10-1)22-7-13-32(29-22)25(33-14-8-23(30-33)20-5-2-11-27-17-20)34-15-9-24(31-34)21-6-3-12-28-18-21/h1-18H/q-1. The molecule has 163 valence electrons. The van der Waals surface area contributed by atoms with Crippen molar-refractivity contribution in [2.45, 2.75) is 0 Å². The minimum Gasteiger partial charge on any atom is -0.424 e. The number of hydrogen-bond acceptors (Lipinski definition) is 6. The van der Waals surface area contributed by atoms with Crippen molar-refractivity contribution in [2.24, 2.45) is 0 Å². The molecular formula is C24H18BN9-. The molecule has 6 rings (SSSR count). The Morgan fingerprint density at radius 2 is 0.824 bits per heavy atom. The van der Waals surface area contributed by atoms with Gasteiger partial charge in [-0.15, -0.1) is 0 Å². The second kappa shape index (κ2) is 8.59. The van der Waals surface area contributed by atoms with Crippen molar-refractivity contribution in [1.82, 2.24) is 44.0 Å². The van der Waals surface area contributed by atoms with Gasteiger partial charge in [-0.1, -0.05) is 0 Å². The fourth-order valence-corrected chi connectivity index (χ4v) is 3.77. The maximum Gasteiger partial charge on any atom is 0.260 e. The second-order valence-electron chi connectivity index (χ2n) is 7.61. The van der Waals surface area contributed by atoms with Gasteiger partial charge in [0, 0.05) is 53.9 Å². The summed E-state index contributed by atoms with van der Waals surface area (Å²) in [5.41, 5.74) is 5.27. The predicted octanol–water partition coefficient (Wildman–Crippen LogP) is 3.39. The Morgan fingerprint density at radius 3 is 1.12 bits per heavy atom. The van der Waals surface area contributed by atoms with Crippen molar-refractivity contribution in [3.63, 3.8) is 0 Å². The van der Waals surface area contributed by atoms with Gasteiger partial charge in [-0.05, 0) is 73.2 Å². The van der Waals surface area contributed by atoms with Crippen LogP contribution in [0, 0.1) is 0 Å². The van der Waals surface area contributed by atoms with E-state index in [2.05, 4.69) is 15.0 Å². The first kappa shape index (κ1) is 19.8. The molecule has 0 aliphatic heterocycles. The van der Waals surface area contributed by atoms with Crippen molar-refractivity contribution in [2.75, 3.05) is 0 Å².